The first-order valence-electron chi connectivity index (χ1n) is 8.20. The van der Waals surface area contributed by atoms with Crippen molar-refractivity contribution < 1.29 is 17.9 Å². The predicted molar refractivity (Wildman–Crippen MR) is 90.2 cm³/mol. The van der Waals surface area contributed by atoms with E-state index in [4.69, 9.17) is 9.15 Å². The summed E-state index contributed by atoms with van der Waals surface area (Å²) < 4.78 is 38.8. The van der Waals surface area contributed by atoms with Crippen molar-refractivity contribution in [3.8, 4) is 17.1 Å². The fraction of sp³-hybridized carbons (Fsp3) is 0.200. The molecular formula is C20H17F2NO2. The average Bonchev–Trinajstić information content (AvgIpc) is 3.09. The molecule has 0 aliphatic carbocycles. The minimum absolute atomic E-state index is 0.0125. The van der Waals surface area contributed by atoms with E-state index in [1.54, 1.807) is 30.3 Å². The van der Waals surface area contributed by atoms with Crippen LogP contribution in [-0.4, -0.2) is 6.61 Å². The Labute approximate surface area is 144 Å². The summed E-state index contributed by atoms with van der Waals surface area (Å²) in [4.78, 5) is 0. The molecular weight excluding hydrogens is 324 g/mol. The zero-order valence-electron chi connectivity index (χ0n) is 13.5. The zero-order valence-corrected chi connectivity index (χ0v) is 13.5. The quantitative estimate of drug-likeness (QED) is 0.737. The number of fused-ring (bicyclic) bond motifs is 1. The van der Waals surface area contributed by atoms with Crippen LogP contribution < -0.4 is 10.1 Å². The maximum atomic E-state index is 13.8. The minimum Gasteiger partial charge on any atom is -0.490 e. The molecule has 1 aliphatic rings. The Bertz CT molecular complexity index is 891. The fourth-order valence-electron chi connectivity index (χ4n) is 3.10. The molecule has 0 bridgehead atoms. The second-order valence-electron chi connectivity index (χ2n) is 5.97. The molecule has 0 fully saturated rings. The normalized spacial score (nSPS) is 16.3. The van der Waals surface area contributed by atoms with Gasteiger partial charge >= 0.3 is 0 Å². The van der Waals surface area contributed by atoms with Crippen molar-refractivity contribution in [1.29, 1.82) is 0 Å². The lowest BCUT2D eigenvalue weighted by molar-refractivity contribution is 0.238. The van der Waals surface area contributed by atoms with E-state index in [1.807, 2.05) is 12.1 Å². The molecule has 2 heterocycles. The number of benzene rings is 2. The van der Waals surface area contributed by atoms with E-state index in [1.165, 1.54) is 12.1 Å². The number of halogens is 2. The van der Waals surface area contributed by atoms with E-state index in [0.717, 1.165) is 12.0 Å². The van der Waals surface area contributed by atoms with Gasteiger partial charge < -0.3 is 14.5 Å². The number of para-hydroxylation sites is 1. The molecule has 1 aliphatic heterocycles. The van der Waals surface area contributed by atoms with Crippen molar-refractivity contribution in [1.82, 2.24) is 5.32 Å². The van der Waals surface area contributed by atoms with Gasteiger partial charge in [-0.05, 0) is 30.3 Å². The van der Waals surface area contributed by atoms with Crippen LogP contribution in [0.15, 0.2) is 59.0 Å². The topological polar surface area (TPSA) is 34.4 Å². The number of ether oxygens (including phenoxy) is 1. The van der Waals surface area contributed by atoms with Crippen molar-refractivity contribution in [2.24, 2.45) is 0 Å². The second-order valence-corrected chi connectivity index (χ2v) is 5.97. The molecule has 5 heteroatoms. The lowest BCUT2D eigenvalue weighted by Gasteiger charge is -2.26. The van der Waals surface area contributed by atoms with Crippen molar-refractivity contribution in [3.63, 3.8) is 0 Å². The fourth-order valence-corrected chi connectivity index (χ4v) is 3.10. The largest absolute Gasteiger partial charge is 0.490 e. The molecule has 0 saturated heterocycles. The van der Waals surface area contributed by atoms with Crippen LogP contribution in [0.4, 0.5) is 8.78 Å². The van der Waals surface area contributed by atoms with Crippen LogP contribution in [0, 0.1) is 11.6 Å². The van der Waals surface area contributed by atoms with Crippen LogP contribution in [0.5, 0.6) is 5.75 Å². The highest BCUT2D eigenvalue weighted by molar-refractivity contribution is 5.58. The summed E-state index contributed by atoms with van der Waals surface area (Å²) in [6.07, 6.45) is 0.747. The molecule has 0 spiro atoms. The maximum Gasteiger partial charge on any atom is 0.165 e. The first-order valence-corrected chi connectivity index (χ1v) is 8.20. The molecule has 0 amide bonds. The van der Waals surface area contributed by atoms with Gasteiger partial charge in [-0.1, -0.05) is 24.3 Å². The van der Waals surface area contributed by atoms with Crippen LogP contribution in [0.25, 0.3) is 11.3 Å². The van der Waals surface area contributed by atoms with Gasteiger partial charge in [0, 0.05) is 18.0 Å². The van der Waals surface area contributed by atoms with E-state index in [9.17, 15) is 8.78 Å². The van der Waals surface area contributed by atoms with Crippen LogP contribution in [0.1, 0.15) is 23.8 Å². The summed E-state index contributed by atoms with van der Waals surface area (Å²) in [5.74, 6) is 0.850. The van der Waals surface area contributed by atoms with E-state index in [-0.39, 0.29) is 17.7 Å². The van der Waals surface area contributed by atoms with Gasteiger partial charge in [-0.25, -0.2) is 8.78 Å². The molecule has 1 atom stereocenters. The van der Waals surface area contributed by atoms with Gasteiger partial charge in [0.1, 0.15) is 17.3 Å². The molecule has 1 N–H and O–H groups in total. The van der Waals surface area contributed by atoms with Gasteiger partial charge in [-0.3, -0.25) is 0 Å². The van der Waals surface area contributed by atoms with Gasteiger partial charge in [0.25, 0.3) is 0 Å². The number of rotatable bonds is 4. The van der Waals surface area contributed by atoms with Crippen LogP contribution >= 0.6 is 0 Å². The highest BCUT2D eigenvalue weighted by Gasteiger charge is 2.23. The lowest BCUT2D eigenvalue weighted by atomic mass is 10.0. The molecule has 128 valence electrons. The second kappa shape index (κ2) is 6.69. The maximum absolute atomic E-state index is 13.8. The third-order valence-corrected chi connectivity index (χ3v) is 4.35. The minimum atomic E-state index is -0.344. The third kappa shape index (κ3) is 3.15. The number of hydrogen-bond acceptors (Lipinski definition) is 3. The smallest absolute Gasteiger partial charge is 0.165 e. The van der Waals surface area contributed by atoms with E-state index in [2.05, 4.69) is 5.32 Å². The summed E-state index contributed by atoms with van der Waals surface area (Å²) in [7, 11) is 0. The molecule has 4 rings (SSSR count). The molecule has 1 aromatic heterocycles. The number of nitrogens with one attached hydrogen (secondary N) is 1. The Morgan fingerprint density at radius 2 is 1.80 bits per heavy atom. The Morgan fingerprint density at radius 3 is 2.68 bits per heavy atom. The standard InChI is InChI=1S/C20H17F2NO2/c21-16-6-2-1-4-14(16)19-9-8-13(25-19)12-23-18-10-11-24-20-15(18)5-3-7-17(20)22/h1-9,18,23H,10-12H2/t18-/m0/s1. The zero-order chi connectivity index (χ0) is 17.2. The highest BCUT2D eigenvalue weighted by Crippen LogP contribution is 2.34. The molecule has 0 radical (unpaired) electrons. The summed E-state index contributed by atoms with van der Waals surface area (Å²) in [5, 5.41) is 3.37. The molecule has 3 nitrogen and oxygen atoms in total. The van der Waals surface area contributed by atoms with Gasteiger partial charge in [0.05, 0.1) is 18.7 Å². The Balaban J connectivity index is 1.49. The Hall–Kier alpha value is -2.66. The molecule has 25 heavy (non-hydrogen) atoms. The van der Waals surface area contributed by atoms with Crippen molar-refractivity contribution >= 4 is 0 Å². The summed E-state index contributed by atoms with van der Waals surface area (Å²) in [6.45, 7) is 0.930. The SMILES string of the molecule is Fc1ccccc1-c1ccc(CN[C@H]2CCOc3c(F)cccc32)o1. The third-order valence-electron chi connectivity index (χ3n) is 4.35. The van der Waals surface area contributed by atoms with Crippen LogP contribution in [0.3, 0.4) is 0 Å². The van der Waals surface area contributed by atoms with Gasteiger partial charge in [-0.2, -0.15) is 0 Å². The average molecular weight is 341 g/mol. The van der Waals surface area contributed by atoms with Crippen molar-refractivity contribution in [2.75, 3.05) is 6.61 Å². The molecule has 2 aromatic carbocycles. The monoisotopic (exact) mass is 341 g/mol. The van der Waals surface area contributed by atoms with Crippen molar-refractivity contribution in [3.05, 3.63) is 77.6 Å². The number of furan rings is 1. The lowest BCUT2D eigenvalue weighted by Crippen LogP contribution is -2.27. The van der Waals surface area contributed by atoms with Gasteiger partial charge in [0.15, 0.2) is 11.6 Å². The molecule has 3 aromatic rings. The summed E-state index contributed by atoms with van der Waals surface area (Å²) in [5.41, 5.74) is 1.25. The van der Waals surface area contributed by atoms with Gasteiger partial charge in [-0.15, -0.1) is 0 Å². The van der Waals surface area contributed by atoms with E-state index in [0.29, 0.717) is 36.0 Å². The molecule has 0 unspecified atom stereocenters. The molecule has 0 saturated carbocycles. The first kappa shape index (κ1) is 15.8. The van der Waals surface area contributed by atoms with E-state index >= 15 is 0 Å². The predicted octanol–water partition coefficient (Wildman–Crippen LogP) is 4.84. The van der Waals surface area contributed by atoms with E-state index < -0.39 is 0 Å². The Kier molecular flexibility index (Phi) is 4.24. The summed E-state index contributed by atoms with van der Waals surface area (Å²) in [6, 6.07) is 15.0. The van der Waals surface area contributed by atoms with Gasteiger partial charge in [0.2, 0.25) is 0 Å². The summed E-state index contributed by atoms with van der Waals surface area (Å²) >= 11 is 0. The number of hydrogen-bond donors (Lipinski definition) is 1. The Morgan fingerprint density at radius 1 is 0.960 bits per heavy atom. The van der Waals surface area contributed by atoms with Crippen LogP contribution in [-0.2, 0) is 6.54 Å². The van der Waals surface area contributed by atoms with Crippen molar-refractivity contribution in [2.45, 2.75) is 19.0 Å². The highest BCUT2D eigenvalue weighted by atomic mass is 19.1. The van der Waals surface area contributed by atoms with Crippen LogP contribution in [0.2, 0.25) is 0 Å². The first-order chi connectivity index (χ1) is 12.2.